The highest BCUT2D eigenvalue weighted by molar-refractivity contribution is 6.33. The number of aryl methyl sites for hydroxylation is 2. The molecule has 1 amide bonds. The Balaban J connectivity index is 2.10. The summed E-state index contributed by atoms with van der Waals surface area (Å²) < 4.78 is 1.74. The van der Waals surface area contributed by atoms with Crippen LogP contribution in [0, 0.1) is 0 Å². The molecule has 0 radical (unpaired) electrons. The fourth-order valence-corrected chi connectivity index (χ4v) is 2.21. The van der Waals surface area contributed by atoms with E-state index in [1.54, 1.807) is 22.9 Å². The van der Waals surface area contributed by atoms with E-state index in [-0.39, 0.29) is 5.91 Å². The molecule has 2 aromatic rings. The summed E-state index contributed by atoms with van der Waals surface area (Å²) in [5.41, 5.74) is 8.47. The minimum atomic E-state index is -0.240. The van der Waals surface area contributed by atoms with E-state index < -0.39 is 0 Å². The highest BCUT2D eigenvalue weighted by Gasteiger charge is 2.13. The van der Waals surface area contributed by atoms with Gasteiger partial charge in [0.05, 0.1) is 22.0 Å². The Hall–Kier alpha value is -2.01. The second kappa shape index (κ2) is 5.96. The molecule has 3 N–H and O–H groups in total. The number of aromatic nitrogens is 2. The zero-order valence-electron chi connectivity index (χ0n) is 11.5. The van der Waals surface area contributed by atoms with Crippen LogP contribution < -0.4 is 11.1 Å². The number of nitrogens with zero attached hydrogens (tertiary/aromatic N) is 2. The number of carbonyl (C=O) groups is 1. The van der Waals surface area contributed by atoms with E-state index >= 15 is 0 Å². The van der Waals surface area contributed by atoms with Crippen molar-refractivity contribution in [1.82, 2.24) is 15.1 Å². The standard InChI is InChI=1S/C14H17ClN4O/c1-3-12-9(8-19(2)18-12)7-17-14(20)10-5-4-6-11(15)13(10)16/h4-6,8H,3,7,16H2,1-2H3,(H,17,20). The van der Waals surface area contributed by atoms with Crippen LogP contribution in [-0.4, -0.2) is 15.7 Å². The molecule has 1 aromatic carbocycles. The number of rotatable bonds is 4. The quantitative estimate of drug-likeness (QED) is 0.848. The molecule has 0 fully saturated rings. The molecule has 2 rings (SSSR count). The maximum absolute atomic E-state index is 12.1. The molecule has 0 atom stereocenters. The van der Waals surface area contributed by atoms with Gasteiger partial charge in [-0.05, 0) is 18.6 Å². The highest BCUT2D eigenvalue weighted by Crippen LogP contribution is 2.22. The van der Waals surface area contributed by atoms with Gasteiger partial charge >= 0.3 is 0 Å². The lowest BCUT2D eigenvalue weighted by Crippen LogP contribution is -2.24. The number of carbonyl (C=O) groups excluding carboxylic acids is 1. The number of amides is 1. The topological polar surface area (TPSA) is 72.9 Å². The maximum Gasteiger partial charge on any atom is 0.253 e. The van der Waals surface area contributed by atoms with E-state index in [9.17, 15) is 4.79 Å². The van der Waals surface area contributed by atoms with E-state index in [0.717, 1.165) is 17.7 Å². The lowest BCUT2D eigenvalue weighted by Gasteiger charge is -2.08. The first-order valence-electron chi connectivity index (χ1n) is 6.36. The lowest BCUT2D eigenvalue weighted by atomic mass is 10.1. The van der Waals surface area contributed by atoms with Gasteiger partial charge in [-0.3, -0.25) is 9.48 Å². The molecule has 106 valence electrons. The van der Waals surface area contributed by atoms with Gasteiger partial charge in [-0.2, -0.15) is 5.10 Å². The van der Waals surface area contributed by atoms with Crippen LogP contribution >= 0.6 is 11.6 Å². The van der Waals surface area contributed by atoms with E-state index in [2.05, 4.69) is 10.4 Å². The van der Waals surface area contributed by atoms with Crippen LogP contribution in [0.5, 0.6) is 0 Å². The van der Waals surface area contributed by atoms with Gasteiger partial charge in [0.15, 0.2) is 0 Å². The van der Waals surface area contributed by atoms with Crippen LogP contribution in [-0.2, 0) is 20.0 Å². The molecule has 0 aliphatic carbocycles. The van der Waals surface area contributed by atoms with Gasteiger partial charge in [-0.1, -0.05) is 24.6 Å². The first kappa shape index (κ1) is 14.4. The first-order chi connectivity index (χ1) is 9.52. The monoisotopic (exact) mass is 292 g/mol. The second-order valence-electron chi connectivity index (χ2n) is 4.51. The summed E-state index contributed by atoms with van der Waals surface area (Å²) in [4.78, 5) is 12.1. The molecule has 0 unspecified atom stereocenters. The summed E-state index contributed by atoms with van der Waals surface area (Å²) in [6.07, 6.45) is 2.73. The molecule has 0 spiro atoms. The molecule has 20 heavy (non-hydrogen) atoms. The van der Waals surface area contributed by atoms with Crippen molar-refractivity contribution in [2.24, 2.45) is 7.05 Å². The fourth-order valence-electron chi connectivity index (χ4n) is 2.03. The summed E-state index contributed by atoms with van der Waals surface area (Å²) in [6, 6.07) is 5.01. The van der Waals surface area contributed by atoms with Crippen LogP contribution in [0.4, 0.5) is 5.69 Å². The van der Waals surface area contributed by atoms with Crippen LogP contribution in [0.1, 0.15) is 28.5 Å². The van der Waals surface area contributed by atoms with Crippen molar-refractivity contribution in [1.29, 1.82) is 0 Å². The van der Waals surface area contributed by atoms with Gasteiger partial charge in [0.25, 0.3) is 5.91 Å². The van der Waals surface area contributed by atoms with Crippen molar-refractivity contribution in [3.8, 4) is 0 Å². The molecule has 0 bridgehead atoms. The van der Waals surface area contributed by atoms with E-state index in [4.69, 9.17) is 17.3 Å². The van der Waals surface area contributed by atoms with E-state index in [1.165, 1.54) is 0 Å². The highest BCUT2D eigenvalue weighted by atomic mass is 35.5. The number of nitrogens with two attached hydrogens (primary N) is 1. The van der Waals surface area contributed by atoms with Gasteiger partial charge in [-0.25, -0.2) is 0 Å². The van der Waals surface area contributed by atoms with Crippen LogP contribution in [0.2, 0.25) is 5.02 Å². The third-order valence-corrected chi connectivity index (χ3v) is 3.39. The minimum Gasteiger partial charge on any atom is -0.397 e. The van der Waals surface area contributed by atoms with Crippen molar-refractivity contribution in [2.45, 2.75) is 19.9 Å². The number of para-hydroxylation sites is 1. The van der Waals surface area contributed by atoms with Gasteiger partial charge in [0.2, 0.25) is 0 Å². The van der Waals surface area contributed by atoms with Crippen molar-refractivity contribution in [3.63, 3.8) is 0 Å². The minimum absolute atomic E-state index is 0.240. The number of benzene rings is 1. The molecular weight excluding hydrogens is 276 g/mol. The normalized spacial score (nSPS) is 10.6. The summed E-state index contributed by atoms with van der Waals surface area (Å²) in [7, 11) is 1.86. The van der Waals surface area contributed by atoms with Gasteiger partial charge in [0, 0.05) is 25.4 Å². The summed E-state index contributed by atoms with van der Waals surface area (Å²) >= 11 is 5.91. The molecule has 0 aliphatic heterocycles. The zero-order valence-corrected chi connectivity index (χ0v) is 12.2. The molecule has 6 heteroatoms. The number of hydrogen-bond acceptors (Lipinski definition) is 3. The predicted octanol–water partition coefficient (Wildman–Crippen LogP) is 2.15. The third kappa shape index (κ3) is 2.93. The number of nitrogen functional groups attached to an aromatic ring is 1. The zero-order chi connectivity index (χ0) is 14.7. The van der Waals surface area contributed by atoms with Crippen LogP contribution in [0.3, 0.4) is 0 Å². The first-order valence-corrected chi connectivity index (χ1v) is 6.74. The van der Waals surface area contributed by atoms with E-state index in [1.807, 2.05) is 20.2 Å². The molecule has 0 saturated carbocycles. The SMILES string of the molecule is CCc1nn(C)cc1CNC(=O)c1cccc(Cl)c1N. The van der Waals surface area contributed by atoms with E-state index in [0.29, 0.717) is 22.8 Å². The fraction of sp³-hybridized carbons (Fsp3) is 0.286. The second-order valence-corrected chi connectivity index (χ2v) is 4.92. The Morgan fingerprint density at radius 1 is 1.50 bits per heavy atom. The van der Waals surface area contributed by atoms with Crippen molar-refractivity contribution >= 4 is 23.2 Å². The number of anilines is 1. The van der Waals surface area contributed by atoms with Gasteiger partial charge < -0.3 is 11.1 Å². The van der Waals surface area contributed by atoms with Crippen LogP contribution in [0.15, 0.2) is 24.4 Å². The molecule has 1 aromatic heterocycles. The molecule has 0 saturated heterocycles. The molecule has 0 aliphatic rings. The molecule has 5 nitrogen and oxygen atoms in total. The van der Waals surface area contributed by atoms with Gasteiger partial charge in [-0.15, -0.1) is 0 Å². The number of nitrogens with one attached hydrogen (secondary N) is 1. The smallest absolute Gasteiger partial charge is 0.253 e. The maximum atomic E-state index is 12.1. The Bertz CT molecular complexity index is 636. The van der Waals surface area contributed by atoms with Crippen molar-refractivity contribution < 1.29 is 4.79 Å². The molecule has 1 heterocycles. The number of hydrogen-bond donors (Lipinski definition) is 2. The number of halogens is 1. The van der Waals surface area contributed by atoms with Crippen LogP contribution in [0.25, 0.3) is 0 Å². The average molecular weight is 293 g/mol. The molecular formula is C14H17ClN4O. The third-order valence-electron chi connectivity index (χ3n) is 3.06. The largest absolute Gasteiger partial charge is 0.397 e. The Labute approximate surface area is 122 Å². The van der Waals surface area contributed by atoms with Gasteiger partial charge in [0.1, 0.15) is 0 Å². The van der Waals surface area contributed by atoms with Crippen molar-refractivity contribution in [2.75, 3.05) is 5.73 Å². The Morgan fingerprint density at radius 2 is 2.25 bits per heavy atom. The summed E-state index contributed by atoms with van der Waals surface area (Å²) in [6.45, 7) is 2.45. The summed E-state index contributed by atoms with van der Waals surface area (Å²) in [5.74, 6) is -0.240. The van der Waals surface area contributed by atoms with Crippen molar-refractivity contribution in [3.05, 3.63) is 46.2 Å². The Morgan fingerprint density at radius 3 is 2.95 bits per heavy atom. The predicted molar refractivity (Wildman–Crippen MR) is 79.6 cm³/mol. The lowest BCUT2D eigenvalue weighted by molar-refractivity contribution is 0.0951. The Kier molecular flexibility index (Phi) is 4.29. The summed E-state index contributed by atoms with van der Waals surface area (Å²) in [5, 5.41) is 7.55. The average Bonchev–Trinajstić information content (AvgIpc) is 2.79.